The summed E-state index contributed by atoms with van der Waals surface area (Å²) in [4.78, 5) is 33.9. The summed E-state index contributed by atoms with van der Waals surface area (Å²) >= 11 is 0. The summed E-state index contributed by atoms with van der Waals surface area (Å²) < 4.78 is 6.99. The van der Waals surface area contributed by atoms with Gasteiger partial charge in [-0.15, -0.1) is 0 Å². The number of ether oxygens (including phenoxy) is 1. The minimum Gasteiger partial charge on any atom is -0.378 e. The van der Waals surface area contributed by atoms with Crippen molar-refractivity contribution in [3.8, 4) is 11.3 Å². The molecule has 156 valence electrons. The molecule has 0 unspecified atom stereocenters. The molecule has 0 radical (unpaired) electrons. The fourth-order valence-electron chi connectivity index (χ4n) is 3.76. The first kappa shape index (κ1) is 20.0. The number of fused-ring (bicyclic) bond motifs is 1. The fraction of sp³-hybridized carbons (Fsp3) is 0.364. The number of amides is 2. The molecule has 0 saturated carbocycles. The average Bonchev–Trinajstić information content (AvgIpc) is 3.07. The van der Waals surface area contributed by atoms with Crippen LogP contribution in [0.15, 0.2) is 36.4 Å². The van der Waals surface area contributed by atoms with Gasteiger partial charge in [-0.2, -0.15) is 5.10 Å². The number of nitrogens with zero attached hydrogens (tertiary/aromatic N) is 5. The van der Waals surface area contributed by atoms with Crippen LogP contribution < -0.4 is 0 Å². The number of benzene rings is 1. The zero-order chi connectivity index (χ0) is 21.3. The highest BCUT2D eigenvalue weighted by atomic mass is 16.5. The normalized spacial score (nSPS) is 14.2. The van der Waals surface area contributed by atoms with Crippen LogP contribution in [0.1, 0.15) is 16.1 Å². The van der Waals surface area contributed by atoms with Crippen molar-refractivity contribution in [1.29, 1.82) is 0 Å². The average molecular weight is 407 g/mol. The van der Waals surface area contributed by atoms with E-state index >= 15 is 0 Å². The molecule has 4 rings (SSSR count). The Bertz CT molecular complexity index is 1090. The van der Waals surface area contributed by atoms with Crippen LogP contribution in [0.25, 0.3) is 22.3 Å². The van der Waals surface area contributed by atoms with Gasteiger partial charge in [-0.1, -0.05) is 30.3 Å². The number of hydrogen-bond acceptors (Lipinski definition) is 5. The summed E-state index contributed by atoms with van der Waals surface area (Å²) in [6, 6.07) is 11.5. The maximum atomic E-state index is 13.4. The lowest BCUT2D eigenvalue weighted by Crippen LogP contribution is -2.46. The smallest absolute Gasteiger partial charge is 0.254 e. The number of aryl methyl sites for hydroxylation is 2. The summed E-state index contributed by atoms with van der Waals surface area (Å²) in [7, 11) is 3.47. The minimum absolute atomic E-state index is 0.0165. The molecule has 1 aliphatic heterocycles. The molecule has 1 saturated heterocycles. The number of pyridine rings is 1. The van der Waals surface area contributed by atoms with E-state index in [1.165, 1.54) is 4.90 Å². The van der Waals surface area contributed by atoms with E-state index in [1.807, 2.05) is 44.3 Å². The molecule has 3 heterocycles. The highest BCUT2D eigenvalue weighted by Crippen LogP contribution is 2.27. The predicted octanol–water partition coefficient (Wildman–Crippen LogP) is 1.87. The van der Waals surface area contributed by atoms with E-state index < -0.39 is 0 Å². The lowest BCUT2D eigenvalue weighted by atomic mass is 10.0. The standard InChI is InChI=1S/C22H25N5O3/c1-15-20-17(22(29)25(2)14-19(28)27-9-11-30-12-10-27)13-18(16-7-5-4-6-8-16)23-21(20)26(3)24-15/h4-8,13H,9-12,14H2,1-3H3. The second-order valence-corrected chi connectivity index (χ2v) is 7.48. The molecule has 8 nitrogen and oxygen atoms in total. The second-order valence-electron chi connectivity index (χ2n) is 7.48. The van der Waals surface area contributed by atoms with E-state index in [-0.39, 0.29) is 18.4 Å². The predicted molar refractivity (Wildman–Crippen MR) is 113 cm³/mol. The number of rotatable bonds is 4. The van der Waals surface area contributed by atoms with Gasteiger partial charge in [0.25, 0.3) is 5.91 Å². The van der Waals surface area contributed by atoms with E-state index in [0.29, 0.717) is 48.6 Å². The van der Waals surface area contributed by atoms with Crippen molar-refractivity contribution in [3.63, 3.8) is 0 Å². The summed E-state index contributed by atoms with van der Waals surface area (Å²) in [5.74, 6) is -0.303. The lowest BCUT2D eigenvalue weighted by molar-refractivity contribution is -0.135. The Morgan fingerprint density at radius 1 is 1.17 bits per heavy atom. The van der Waals surface area contributed by atoms with Crippen molar-refractivity contribution in [3.05, 3.63) is 47.7 Å². The van der Waals surface area contributed by atoms with Crippen LogP contribution in [0.3, 0.4) is 0 Å². The molecule has 1 aliphatic rings. The van der Waals surface area contributed by atoms with Crippen LogP contribution in [-0.2, 0) is 16.6 Å². The van der Waals surface area contributed by atoms with Crippen LogP contribution in [0.4, 0.5) is 0 Å². The van der Waals surface area contributed by atoms with Gasteiger partial charge < -0.3 is 14.5 Å². The zero-order valence-corrected chi connectivity index (χ0v) is 17.5. The molecule has 1 aromatic carbocycles. The number of morpholine rings is 1. The van der Waals surface area contributed by atoms with E-state index in [4.69, 9.17) is 9.72 Å². The van der Waals surface area contributed by atoms with Gasteiger partial charge in [0.2, 0.25) is 5.91 Å². The molecule has 3 aromatic rings. The second kappa shape index (κ2) is 8.23. The Morgan fingerprint density at radius 3 is 2.57 bits per heavy atom. The molecule has 8 heteroatoms. The number of likely N-dealkylation sites (N-methyl/N-ethyl adjacent to an activating group) is 1. The van der Waals surface area contributed by atoms with Crippen LogP contribution in [0.2, 0.25) is 0 Å². The number of carbonyl (C=O) groups excluding carboxylic acids is 2. The molecule has 2 amide bonds. The third kappa shape index (κ3) is 3.78. The Balaban J connectivity index is 1.69. The minimum atomic E-state index is -0.225. The molecule has 1 fully saturated rings. The summed E-state index contributed by atoms with van der Waals surface area (Å²) in [6.07, 6.45) is 0. The van der Waals surface area contributed by atoms with Crippen molar-refractivity contribution in [2.75, 3.05) is 39.9 Å². The molecule has 0 N–H and O–H groups in total. The van der Waals surface area contributed by atoms with Crippen molar-refractivity contribution in [2.24, 2.45) is 7.05 Å². The summed E-state index contributed by atoms with van der Waals surface area (Å²) in [5, 5.41) is 5.17. The van der Waals surface area contributed by atoms with Crippen molar-refractivity contribution in [1.82, 2.24) is 24.6 Å². The Hall–Kier alpha value is -3.26. The van der Waals surface area contributed by atoms with Crippen LogP contribution in [-0.4, -0.2) is 76.3 Å². The van der Waals surface area contributed by atoms with E-state index in [0.717, 1.165) is 11.3 Å². The van der Waals surface area contributed by atoms with Gasteiger partial charge in [0.1, 0.15) is 0 Å². The van der Waals surface area contributed by atoms with Gasteiger partial charge in [0, 0.05) is 32.7 Å². The largest absolute Gasteiger partial charge is 0.378 e. The molecule has 0 bridgehead atoms. The monoisotopic (exact) mass is 407 g/mol. The Kier molecular flexibility index (Phi) is 5.50. The number of carbonyl (C=O) groups is 2. The first-order valence-corrected chi connectivity index (χ1v) is 9.96. The van der Waals surface area contributed by atoms with E-state index in [2.05, 4.69) is 5.10 Å². The van der Waals surface area contributed by atoms with E-state index in [1.54, 1.807) is 22.7 Å². The number of aromatic nitrogens is 3. The van der Waals surface area contributed by atoms with Crippen molar-refractivity contribution >= 4 is 22.8 Å². The molecule has 30 heavy (non-hydrogen) atoms. The topological polar surface area (TPSA) is 80.6 Å². The van der Waals surface area contributed by atoms with E-state index in [9.17, 15) is 9.59 Å². The van der Waals surface area contributed by atoms with Gasteiger partial charge in [-0.25, -0.2) is 4.98 Å². The molecule has 0 spiro atoms. The van der Waals surface area contributed by atoms with Crippen LogP contribution >= 0.6 is 0 Å². The van der Waals surface area contributed by atoms with Gasteiger partial charge in [0.15, 0.2) is 5.65 Å². The SMILES string of the molecule is Cc1nn(C)c2nc(-c3ccccc3)cc(C(=O)N(C)CC(=O)N3CCOCC3)c12. The molecule has 2 aromatic heterocycles. The maximum Gasteiger partial charge on any atom is 0.254 e. The zero-order valence-electron chi connectivity index (χ0n) is 17.5. The first-order valence-electron chi connectivity index (χ1n) is 9.96. The Morgan fingerprint density at radius 2 is 1.87 bits per heavy atom. The van der Waals surface area contributed by atoms with Gasteiger partial charge in [-0.05, 0) is 13.0 Å². The first-order chi connectivity index (χ1) is 14.5. The molecule has 0 atom stereocenters. The maximum absolute atomic E-state index is 13.4. The highest BCUT2D eigenvalue weighted by Gasteiger charge is 2.25. The van der Waals surface area contributed by atoms with Crippen LogP contribution in [0.5, 0.6) is 0 Å². The van der Waals surface area contributed by atoms with Gasteiger partial charge >= 0.3 is 0 Å². The summed E-state index contributed by atoms with van der Waals surface area (Å²) in [5.41, 5.74) is 3.49. The summed E-state index contributed by atoms with van der Waals surface area (Å²) in [6.45, 7) is 4.05. The van der Waals surface area contributed by atoms with Crippen molar-refractivity contribution in [2.45, 2.75) is 6.92 Å². The quantitative estimate of drug-likeness (QED) is 0.660. The third-order valence-corrected chi connectivity index (χ3v) is 5.35. The van der Waals surface area contributed by atoms with Gasteiger partial charge in [-0.3, -0.25) is 14.3 Å². The highest BCUT2D eigenvalue weighted by molar-refractivity contribution is 6.08. The number of hydrogen-bond donors (Lipinski definition) is 0. The molecular weight excluding hydrogens is 382 g/mol. The Labute approximate surface area is 175 Å². The molecule has 0 aliphatic carbocycles. The third-order valence-electron chi connectivity index (χ3n) is 5.35. The van der Waals surface area contributed by atoms with Gasteiger partial charge in [0.05, 0.1) is 42.1 Å². The van der Waals surface area contributed by atoms with Crippen molar-refractivity contribution < 1.29 is 14.3 Å². The lowest BCUT2D eigenvalue weighted by Gasteiger charge is -2.28. The molecular formula is C22H25N5O3. The van der Waals surface area contributed by atoms with Crippen LogP contribution in [0, 0.1) is 6.92 Å². The fourth-order valence-corrected chi connectivity index (χ4v) is 3.76.